The predicted molar refractivity (Wildman–Crippen MR) is 81.3 cm³/mol. The molecule has 0 spiro atoms. The summed E-state index contributed by atoms with van der Waals surface area (Å²) >= 11 is 0. The Labute approximate surface area is 117 Å². The van der Waals surface area contributed by atoms with Crippen LogP contribution in [0.4, 0.5) is 0 Å². The van der Waals surface area contributed by atoms with E-state index in [2.05, 4.69) is 24.3 Å². The first kappa shape index (κ1) is 13.2. The number of fused-ring (bicyclic) bond motifs is 1. The molecule has 2 aliphatic rings. The van der Waals surface area contributed by atoms with E-state index in [9.17, 15) is 0 Å². The molecule has 0 radical (unpaired) electrons. The van der Waals surface area contributed by atoms with Gasteiger partial charge in [-0.1, -0.05) is 62.8 Å². The molecule has 2 N–H and O–H groups in total. The lowest BCUT2D eigenvalue weighted by atomic mass is 9.73. The molecule has 0 saturated heterocycles. The second kappa shape index (κ2) is 6.09. The van der Waals surface area contributed by atoms with Gasteiger partial charge in [0.15, 0.2) is 0 Å². The molecule has 19 heavy (non-hydrogen) atoms. The van der Waals surface area contributed by atoms with Crippen LogP contribution < -0.4 is 5.73 Å². The van der Waals surface area contributed by atoms with Crippen molar-refractivity contribution in [2.75, 3.05) is 0 Å². The highest BCUT2D eigenvalue weighted by molar-refractivity contribution is 5.39. The van der Waals surface area contributed by atoms with Crippen LogP contribution in [0.2, 0.25) is 0 Å². The zero-order valence-corrected chi connectivity index (χ0v) is 12.0. The minimum Gasteiger partial charge on any atom is -0.328 e. The lowest BCUT2D eigenvalue weighted by Gasteiger charge is -2.33. The molecule has 3 rings (SSSR count). The maximum Gasteiger partial charge on any atom is 0.00474 e. The highest BCUT2D eigenvalue weighted by Crippen LogP contribution is 2.38. The van der Waals surface area contributed by atoms with Gasteiger partial charge in [0.05, 0.1) is 0 Å². The van der Waals surface area contributed by atoms with Gasteiger partial charge in [-0.3, -0.25) is 0 Å². The van der Waals surface area contributed by atoms with Crippen LogP contribution >= 0.6 is 0 Å². The minimum absolute atomic E-state index is 0.418. The summed E-state index contributed by atoms with van der Waals surface area (Å²) in [5, 5.41) is 0. The molecule has 0 heterocycles. The fourth-order valence-electron chi connectivity index (χ4n) is 4.06. The van der Waals surface area contributed by atoms with E-state index in [1.165, 1.54) is 57.8 Å². The molecule has 0 aromatic heterocycles. The average molecular weight is 257 g/mol. The monoisotopic (exact) mass is 257 g/mol. The Hall–Kier alpha value is -0.820. The van der Waals surface area contributed by atoms with Gasteiger partial charge in [0.1, 0.15) is 0 Å². The summed E-state index contributed by atoms with van der Waals surface area (Å²) in [4.78, 5) is 0. The van der Waals surface area contributed by atoms with Gasteiger partial charge in [-0.05, 0) is 42.2 Å². The molecular weight excluding hydrogens is 230 g/mol. The van der Waals surface area contributed by atoms with E-state index in [1.807, 2.05) is 0 Å². The number of hydrogen-bond donors (Lipinski definition) is 1. The molecule has 0 bridgehead atoms. The van der Waals surface area contributed by atoms with Gasteiger partial charge in [0.2, 0.25) is 0 Å². The van der Waals surface area contributed by atoms with Crippen molar-refractivity contribution in [3.8, 4) is 0 Å². The van der Waals surface area contributed by atoms with Crippen molar-refractivity contribution in [3.05, 3.63) is 35.4 Å². The summed E-state index contributed by atoms with van der Waals surface area (Å²) in [6, 6.07) is 9.30. The molecule has 2 unspecified atom stereocenters. The Kier molecular flexibility index (Phi) is 4.22. The van der Waals surface area contributed by atoms with Crippen LogP contribution in [-0.4, -0.2) is 6.04 Å². The quantitative estimate of drug-likeness (QED) is 0.795. The summed E-state index contributed by atoms with van der Waals surface area (Å²) in [7, 11) is 0. The van der Waals surface area contributed by atoms with Crippen LogP contribution in [0.5, 0.6) is 0 Å². The van der Waals surface area contributed by atoms with Crippen molar-refractivity contribution < 1.29 is 0 Å². The maximum atomic E-state index is 6.42. The Bertz CT molecular complexity index is 404. The second-order valence-electron chi connectivity index (χ2n) is 6.69. The second-order valence-corrected chi connectivity index (χ2v) is 6.69. The van der Waals surface area contributed by atoms with Gasteiger partial charge in [-0.2, -0.15) is 0 Å². The third-order valence-corrected chi connectivity index (χ3v) is 5.16. The van der Waals surface area contributed by atoms with E-state index in [4.69, 9.17) is 5.73 Å². The van der Waals surface area contributed by atoms with Crippen molar-refractivity contribution >= 4 is 0 Å². The van der Waals surface area contributed by atoms with Crippen molar-refractivity contribution in [2.24, 2.45) is 11.7 Å². The fraction of sp³-hybridized carbons (Fsp3) is 0.667. The van der Waals surface area contributed by atoms with Crippen LogP contribution in [-0.2, 0) is 6.42 Å². The number of hydrogen-bond acceptors (Lipinski definition) is 1. The molecule has 0 amide bonds. The van der Waals surface area contributed by atoms with Crippen LogP contribution in [0.15, 0.2) is 24.3 Å². The van der Waals surface area contributed by atoms with E-state index in [0.29, 0.717) is 6.04 Å². The highest BCUT2D eigenvalue weighted by Gasteiger charge is 2.27. The molecule has 1 fully saturated rings. The smallest absolute Gasteiger partial charge is 0.00474 e. The normalized spacial score (nSPS) is 25.2. The van der Waals surface area contributed by atoms with Gasteiger partial charge >= 0.3 is 0 Å². The zero-order chi connectivity index (χ0) is 13.1. The van der Waals surface area contributed by atoms with Gasteiger partial charge in [-0.15, -0.1) is 0 Å². The van der Waals surface area contributed by atoms with Crippen molar-refractivity contribution in [2.45, 2.75) is 69.7 Å². The number of benzene rings is 1. The van der Waals surface area contributed by atoms with E-state index < -0.39 is 0 Å². The summed E-state index contributed by atoms with van der Waals surface area (Å²) in [5.41, 5.74) is 9.54. The summed E-state index contributed by atoms with van der Waals surface area (Å²) in [5.74, 6) is 1.66. The van der Waals surface area contributed by atoms with Crippen LogP contribution in [0.3, 0.4) is 0 Å². The molecule has 1 heteroatoms. The fourth-order valence-corrected chi connectivity index (χ4v) is 4.06. The first-order valence-corrected chi connectivity index (χ1v) is 8.16. The lowest BCUT2D eigenvalue weighted by molar-refractivity contribution is 0.358. The molecule has 104 valence electrons. The van der Waals surface area contributed by atoms with E-state index in [0.717, 1.165) is 11.8 Å². The molecular formula is C18H27N. The maximum absolute atomic E-state index is 6.42. The zero-order valence-electron chi connectivity index (χ0n) is 12.0. The lowest BCUT2D eigenvalue weighted by Crippen LogP contribution is -2.29. The van der Waals surface area contributed by atoms with Crippen LogP contribution in [0, 0.1) is 5.92 Å². The van der Waals surface area contributed by atoms with Gasteiger partial charge in [0, 0.05) is 6.04 Å². The SMILES string of the molecule is NC(CC1CCCCCC1)CC1Cc2ccccc21. The van der Waals surface area contributed by atoms with Crippen molar-refractivity contribution in [3.63, 3.8) is 0 Å². The van der Waals surface area contributed by atoms with Gasteiger partial charge in [0.25, 0.3) is 0 Å². The highest BCUT2D eigenvalue weighted by atomic mass is 14.6. The molecule has 2 atom stereocenters. The Morgan fingerprint density at radius 2 is 1.74 bits per heavy atom. The minimum atomic E-state index is 0.418. The molecule has 1 saturated carbocycles. The third kappa shape index (κ3) is 3.20. The molecule has 1 aromatic carbocycles. The molecule has 0 aliphatic heterocycles. The Morgan fingerprint density at radius 3 is 2.47 bits per heavy atom. The third-order valence-electron chi connectivity index (χ3n) is 5.16. The first-order valence-electron chi connectivity index (χ1n) is 8.16. The molecule has 1 nitrogen and oxygen atoms in total. The van der Waals surface area contributed by atoms with Crippen LogP contribution in [0.1, 0.15) is 68.4 Å². The standard InChI is InChI=1S/C18H27N/c19-17(11-14-7-3-1-2-4-8-14)13-16-12-15-9-5-6-10-18(15)16/h5-6,9-10,14,16-17H,1-4,7-8,11-13,19H2. The van der Waals surface area contributed by atoms with E-state index >= 15 is 0 Å². The predicted octanol–water partition coefficient (Wildman–Crippen LogP) is 4.40. The summed E-state index contributed by atoms with van der Waals surface area (Å²) in [6.45, 7) is 0. The van der Waals surface area contributed by atoms with E-state index in [1.54, 1.807) is 11.1 Å². The Morgan fingerprint density at radius 1 is 1.00 bits per heavy atom. The Balaban J connectivity index is 1.48. The van der Waals surface area contributed by atoms with E-state index in [-0.39, 0.29) is 0 Å². The van der Waals surface area contributed by atoms with Crippen molar-refractivity contribution in [1.82, 2.24) is 0 Å². The topological polar surface area (TPSA) is 26.0 Å². The number of nitrogens with two attached hydrogens (primary N) is 1. The number of rotatable bonds is 4. The molecule has 1 aromatic rings. The first-order chi connectivity index (χ1) is 9.33. The average Bonchev–Trinajstić information content (AvgIpc) is 2.65. The van der Waals surface area contributed by atoms with Gasteiger partial charge in [-0.25, -0.2) is 0 Å². The van der Waals surface area contributed by atoms with Gasteiger partial charge < -0.3 is 5.73 Å². The van der Waals surface area contributed by atoms with Crippen molar-refractivity contribution in [1.29, 1.82) is 0 Å². The summed E-state index contributed by atoms with van der Waals surface area (Å²) in [6.07, 6.45) is 12.3. The molecule has 2 aliphatic carbocycles. The summed E-state index contributed by atoms with van der Waals surface area (Å²) < 4.78 is 0. The van der Waals surface area contributed by atoms with Crippen LogP contribution in [0.25, 0.3) is 0 Å². The largest absolute Gasteiger partial charge is 0.328 e.